The molecule has 0 amide bonds. The molecule has 2 atom stereocenters. The first-order valence-corrected chi connectivity index (χ1v) is 7.84. The van der Waals surface area contributed by atoms with Crippen molar-refractivity contribution in [1.29, 1.82) is 0 Å². The largest absolute Gasteiger partial charge is 0.258 e. The third-order valence-corrected chi connectivity index (χ3v) is 6.97. The SMILES string of the molecule is CC1CCSC(C(=S)S)(c2ccccn2)S1. The van der Waals surface area contributed by atoms with Crippen LogP contribution in [0.1, 0.15) is 19.0 Å². The lowest BCUT2D eigenvalue weighted by molar-refractivity contribution is 0.888. The Kier molecular flexibility index (Phi) is 4.21. The van der Waals surface area contributed by atoms with Gasteiger partial charge in [0.2, 0.25) is 0 Å². The molecule has 1 aromatic heterocycles. The molecule has 0 aliphatic carbocycles. The van der Waals surface area contributed by atoms with Gasteiger partial charge in [-0.3, -0.25) is 4.98 Å². The lowest BCUT2D eigenvalue weighted by Crippen LogP contribution is -2.31. The van der Waals surface area contributed by atoms with Crippen LogP contribution in [-0.2, 0) is 4.08 Å². The zero-order valence-electron chi connectivity index (χ0n) is 8.92. The van der Waals surface area contributed by atoms with Crippen molar-refractivity contribution in [2.24, 2.45) is 0 Å². The summed E-state index contributed by atoms with van der Waals surface area (Å²) in [6.45, 7) is 2.24. The molecule has 1 fully saturated rings. The zero-order valence-corrected chi connectivity index (χ0v) is 12.3. The van der Waals surface area contributed by atoms with Gasteiger partial charge in [0.25, 0.3) is 0 Å². The molecule has 86 valence electrons. The van der Waals surface area contributed by atoms with Crippen LogP contribution in [0.5, 0.6) is 0 Å². The van der Waals surface area contributed by atoms with E-state index in [1.165, 1.54) is 6.42 Å². The molecule has 1 nitrogen and oxygen atoms in total. The monoisotopic (exact) mass is 287 g/mol. The van der Waals surface area contributed by atoms with Crippen LogP contribution in [0.3, 0.4) is 0 Å². The van der Waals surface area contributed by atoms with E-state index in [1.807, 2.05) is 47.9 Å². The molecule has 0 saturated carbocycles. The van der Waals surface area contributed by atoms with Crippen molar-refractivity contribution >= 4 is 52.6 Å². The minimum atomic E-state index is -0.239. The molecule has 1 aromatic rings. The average Bonchev–Trinajstić information content (AvgIpc) is 2.30. The average molecular weight is 288 g/mol. The summed E-state index contributed by atoms with van der Waals surface area (Å²) in [6, 6.07) is 5.98. The molecule has 16 heavy (non-hydrogen) atoms. The fourth-order valence-corrected chi connectivity index (χ4v) is 6.01. The van der Waals surface area contributed by atoms with E-state index in [0.717, 1.165) is 15.6 Å². The van der Waals surface area contributed by atoms with Crippen LogP contribution in [-0.4, -0.2) is 20.2 Å². The van der Waals surface area contributed by atoms with Crippen molar-refractivity contribution in [2.45, 2.75) is 22.7 Å². The van der Waals surface area contributed by atoms with E-state index in [0.29, 0.717) is 5.25 Å². The smallest absolute Gasteiger partial charge is 0.144 e. The van der Waals surface area contributed by atoms with Gasteiger partial charge in [-0.2, -0.15) is 0 Å². The van der Waals surface area contributed by atoms with E-state index >= 15 is 0 Å². The molecule has 0 spiro atoms. The van der Waals surface area contributed by atoms with Crippen molar-refractivity contribution in [2.75, 3.05) is 5.75 Å². The summed E-state index contributed by atoms with van der Waals surface area (Å²) in [5.74, 6) is 1.12. The third kappa shape index (κ3) is 2.42. The van der Waals surface area contributed by atoms with Crippen LogP contribution in [0.4, 0.5) is 0 Å². The molecule has 5 heteroatoms. The third-order valence-electron chi connectivity index (χ3n) is 2.48. The highest BCUT2D eigenvalue weighted by molar-refractivity contribution is 8.25. The molecule has 0 N–H and O–H groups in total. The summed E-state index contributed by atoms with van der Waals surface area (Å²) in [7, 11) is 0. The number of aromatic nitrogens is 1. The maximum Gasteiger partial charge on any atom is 0.144 e. The summed E-state index contributed by atoms with van der Waals surface area (Å²) in [6.07, 6.45) is 3.05. The van der Waals surface area contributed by atoms with Gasteiger partial charge in [-0.05, 0) is 24.3 Å². The Labute approximate surface area is 116 Å². The summed E-state index contributed by atoms with van der Waals surface area (Å²) in [5.41, 5.74) is 1.02. The van der Waals surface area contributed by atoms with Gasteiger partial charge in [0.1, 0.15) is 4.08 Å². The Morgan fingerprint density at radius 1 is 1.62 bits per heavy atom. The van der Waals surface area contributed by atoms with Crippen LogP contribution < -0.4 is 0 Å². The summed E-state index contributed by atoms with van der Waals surface area (Å²) in [5, 5.41) is 0.605. The van der Waals surface area contributed by atoms with E-state index in [1.54, 1.807) is 0 Å². The van der Waals surface area contributed by atoms with Crippen molar-refractivity contribution in [3.05, 3.63) is 30.1 Å². The van der Waals surface area contributed by atoms with Gasteiger partial charge in [0.05, 0.1) is 9.89 Å². The minimum Gasteiger partial charge on any atom is -0.258 e. The Morgan fingerprint density at radius 3 is 3.00 bits per heavy atom. The highest BCUT2D eigenvalue weighted by Crippen LogP contribution is 2.53. The van der Waals surface area contributed by atoms with Crippen molar-refractivity contribution < 1.29 is 0 Å². The summed E-state index contributed by atoms with van der Waals surface area (Å²) >= 11 is 13.5. The number of thioether (sulfide) groups is 2. The predicted octanol–water partition coefficient (Wildman–Crippen LogP) is 3.75. The normalized spacial score (nSPS) is 30.0. The number of nitrogens with zero attached hydrogens (tertiary/aromatic N) is 1. The number of hydrogen-bond acceptors (Lipinski definition) is 4. The highest BCUT2D eigenvalue weighted by atomic mass is 32.2. The second-order valence-corrected chi connectivity index (χ2v) is 8.08. The van der Waals surface area contributed by atoms with Crippen LogP contribution >= 0.6 is 48.4 Å². The first kappa shape index (κ1) is 12.7. The highest BCUT2D eigenvalue weighted by Gasteiger charge is 2.42. The molecule has 0 aromatic carbocycles. The molecule has 1 aliphatic rings. The van der Waals surface area contributed by atoms with Crippen molar-refractivity contribution in [1.82, 2.24) is 4.98 Å². The van der Waals surface area contributed by atoms with Gasteiger partial charge in [0, 0.05) is 11.4 Å². The minimum absolute atomic E-state index is 0.239. The van der Waals surface area contributed by atoms with E-state index in [4.69, 9.17) is 12.2 Å². The van der Waals surface area contributed by atoms with E-state index in [9.17, 15) is 0 Å². The number of thiocarbonyl (C=S) groups is 1. The predicted molar refractivity (Wildman–Crippen MR) is 81.6 cm³/mol. The lowest BCUT2D eigenvalue weighted by atomic mass is 10.3. The zero-order chi connectivity index (χ0) is 11.6. The van der Waals surface area contributed by atoms with Crippen LogP contribution in [0.25, 0.3) is 0 Å². The maximum absolute atomic E-state index is 5.35. The van der Waals surface area contributed by atoms with Crippen LogP contribution in [0.2, 0.25) is 0 Å². The van der Waals surface area contributed by atoms with Gasteiger partial charge in [-0.15, -0.1) is 36.2 Å². The van der Waals surface area contributed by atoms with Crippen LogP contribution in [0.15, 0.2) is 24.4 Å². The van der Waals surface area contributed by atoms with Crippen LogP contribution in [0, 0.1) is 0 Å². The molecule has 0 bridgehead atoms. The molecule has 0 radical (unpaired) electrons. The van der Waals surface area contributed by atoms with Gasteiger partial charge in [-0.1, -0.05) is 25.2 Å². The molecule has 2 unspecified atom stereocenters. The fraction of sp³-hybridized carbons (Fsp3) is 0.455. The molecule has 1 aliphatic heterocycles. The first-order valence-electron chi connectivity index (χ1n) is 5.12. The Morgan fingerprint density at radius 2 is 2.44 bits per heavy atom. The van der Waals surface area contributed by atoms with Gasteiger partial charge < -0.3 is 0 Å². The van der Waals surface area contributed by atoms with E-state index in [-0.39, 0.29) is 4.08 Å². The summed E-state index contributed by atoms with van der Waals surface area (Å²) in [4.78, 5) is 4.45. The van der Waals surface area contributed by atoms with Crippen molar-refractivity contribution in [3.8, 4) is 0 Å². The second kappa shape index (κ2) is 5.29. The van der Waals surface area contributed by atoms with Gasteiger partial charge in [0.15, 0.2) is 0 Å². The maximum atomic E-state index is 5.35. The number of hydrogen-bond donors (Lipinski definition) is 1. The summed E-state index contributed by atoms with van der Waals surface area (Å²) < 4.78 is 0.491. The molecular weight excluding hydrogens is 274 g/mol. The lowest BCUT2D eigenvalue weighted by Gasteiger charge is -2.37. The van der Waals surface area contributed by atoms with E-state index in [2.05, 4.69) is 24.5 Å². The molecule has 1 saturated heterocycles. The fourth-order valence-electron chi connectivity index (χ4n) is 1.66. The Hall–Kier alpha value is 0.290. The van der Waals surface area contributed by atoms with Gasteiger partial charge >= 0.3 is 0 Å². The topological polar surface area (TPSA) is 12.9 Å². The second-order valence-electron chi connectivity index (χ2n) is 3.70. The Balaban J connectivity index is 2.39. The number of thiol groups is 1. The van der Waals surface area contributed by atoms with Gasteiger partial charge in [-0.25, -0.2) is 0 Å². The first-order chi connectivity index (χ1) is 7.65. The number of rotatable bonds is 2. The van der Waals surface area contributed by atoms with E-state index < -0.39 is 0 Å². The quantitative estimate of drug-likeness (QED) is 0.657. The molecular formula is C11H13NS4. The Bertz CT molecular complexity index is 381. The molecule has 2 rings (SSSR count). The molecule has 2 heterocycles. The standard InChI is InChI=1S/C11H13NS4/c1-8-5-7-15-11(16-8,10(13)14)9-4-2-3-6-12-9/h2-4,6,8H,5,7H2,1H3,(H,13,14). The number of pyridine rings is 1. The van der Waals surface area contributed by atoms with Crippen molar-refractivity contribution in [3.63, 3.8) is 0 Å².